The first-order valence-electron chi connectivity index (χ1n) is 10.7. The maximum Gasteiger partial charge on any atom is 0.242 e. The van der Waals surface area contributed by atoms with Crippen LogP contribution < -0.4 is 0 Å². The predicted molar refractivity (Wildman–Crippen MR) is 113 cm³/mol. The molecule has 1 heterocycles. The Bertz CT molecular complexity index is 856. The molecule has 1 saturated carbocycles. The molecule has 1 aliphatic carbocycles. The summed E-state index contributed by atoms with van der Waals surface area (Å²) in [4.78, 5) is 29.5. The Kier molecular flexibility index (Phi) is 7.29. The Morgan fingerprint density at radius 3 is 2.30 bits per heavy atom. The molecule has 0 N–H and O–H groups in total. The average Bonchev–Trinajstić information content (AvgIpc) is 3.05. The number of halogens is 1. The maximum atomic E-state index is 13.3. The lowest BCUT2D eigenvalue weighted by Gasteiger charge is -2.33. The number of hydrogen-bond donors (Lipinski definition) is 0. The summed E-state index contributed by atoms with van der Waals surface area (Å²) in [5, 5.41) is 0. The monoisotopic (exact) mass is 414 g/mol. The molecule has 1 aromatic heterocycles. The van der Waals surface area contributed by atoms with Gasteiger partial charge < -0.3 is 14.2 Å². The summed E-state index contributed by atoms with van der Waals surface area (Å²) in [5.41, 5.74) is 0.828. The van der Waals surface area contributed by atoms with Crippen LogP contribution in [0.25, 0.3) is 0 Å². The van der Waals surface area contributed by atoms with Crippen LogP contribution in [0.4, 0.5) is 4.39 Å². The van der Waals surface area contributed by atoms with E-state index in [2.05, 4.69) is 0 Å². The minimum absolute atomic E-state index is 0.0500. The van der Waals surface area contributed by atoms with Gasteiger partial charge >= 0.3 is 0 Å². The maximum absolute atomic E-state index is 13.3. The van der Waals surface area contributed by atoms with Gasteiger partial charge in [0.25, 0.3) is 0 Å². The van der Waals surface area contributed by atoms with E-state index in [-0.39, 0.29) is 36.0 Å². The Balaban J connectivity index is 1.75. The third kappa shape index (κ3) is 5.94. The molecule has 6 heteroatoms. The molecule has 5 nitrogen and oxygen atoms in total. The van der Waals surface area contributed by atoms with Crippen molar-refractivity contribution in [1.29, 1.82) is 0 Å². The molecule has 162 valence electrons. The van der Waals surface area contributed by atoms with Crippen molar-refractivity contribution in [3.63, 3.8) is 0 Å². The third-order valence-corrected chi connectivity index (χ3v) is 5.46. The number of nitrogens with zero attached hydrogens (tertiary/aromatic N) is 2. The molecular weight excluding hydrogens is 383 g/mol. The molecule has 0 radical (unpaired) electrons. The molecule has 0 saturated heterocycles. The molecule has 0 atom stereocenters. The van der Waals surface area contributed by atoms with E-state index in [4.69, 9.17) is 4.42 Å². The fraction of sp³-hybridized carbons (Fsp3) is 0.500. The van der Waals surface area contributed by atoms with Crippen molar-refractivity contribution in [2.75, 3.05) is 13.1 Å². The number of rotatable bonds is 9. The van der Waals surface area contributed by atoms with Crippen LogP contribution in [0.15, 0.2) is 40.8 Å². The average molecular weight is 415 g/mol. The van der Waals surface area contributed by atoms with Gasteiger partial charge in [0.15, 0.2) is 0 Å². The molecule has 2 amide bonds. The van der Waals surface area contributed by atoms with Crippen LogP contribution in [0.1, 0.15) is 50.2 Å². The fourth-order valence-electron chi connectivity index (χ4n) is 3.65. The van der Waals surface area contributed by atoms with Crippen molar-refractivity contribution in [2.24, 2.45) is 11.8 Å². The lowest BCUT2D eigenvalue weighted by Crippen LogP contribution is -2.47. The topological polar surface area (TPSA) is 53.8 Å². The van der Waals surface area contributed by atoms with Crippen molar-refractivity contribution in [3.8, 4) is 0 Å². The molecule has 0 aliphatic heterocycles. The van der Waals surface area contributed by atoms with Gasteiger partial charge in [-0.05, 0) is 55.5 Å². The fourth-order valence-corrected chi connectivity index (χ4v) is 3.65. The largest absolute Gasteiger partial charge is 0.464 e. The van der Waals surface area contributed by atoms with Crippen LogP contribution in [-0.2, 0) is 22.7 Å². The van der Waals surface area contributed by atoms with E-state index >= 15 is 0 Å². The first-order chi connectivity index (χ1) is 14.3. The third-order valence-electron chi connectivity index (χ3n) is 5.46. The number of furan rings is 1. The lowest BCUT2D eigenvalue weighted by atomic mass is 9.84. The van der Waals surface area contributed by atoms with Gasteiger partial charge in [0.2, 0.25) is 11.8 Å². The molecule has 0 unspecified atom stereocenters. The second-order valence-corrected chi connectivity index (χ2v) is 8.63. The summed E-state index contributed by atoms with van der Waals surface area (Å²) < 4.78 is 19.0. The van der Waals surface area contributed by atoms with Gasteiger partial charge in [-0.25, -0.2) is 4.39 Å². The molecule has 0 spiro atoms. The zero-order valence-electron chi connectivity index (χ0n) is 18.1. The zero-order valence-corrected chi connectivity index (χ0v) is 18.1. The summed E-state index contributed by atoms with van der Waals surface area (Å²) in [7, 11) is 0. The molecule has 1 fully saturated rings. The Labute approximate surface area is 177 Å². The minimum Gasteiger partial charge on any atom is -0.464 e. The van der Waals surface area contributed by atoms with Crippen LogP contribution in [0.3, 0.4) is 0 Å². The Morgan fingerprint density at radius 1 is 1.07 bits per heavy atom. The lowest BCUT2D eigenvalue weighted by molar-refractivity contribution is -0.145. The highest BCUT2D eigenvalue weighted by atomic mass is 19.1. The van der Waals surface area contributed by atoms with E-state index in [9.17, 15) is 14.0 Å². The van der Waals surface area contributed by atoms with Crippen LogP contribution in [0.5, 0.6) is 0 Å². The SMILES string of the molecule is Cc1ccc(CN(Cc2ccc(F)cc2)C(=O)CN(CC(C)C)C(=O)C2CCC2)o1. The molecule has 30 heavy (non-hydrogen) atoms. The van der Waals surface area contributed by atoms with Crippen molar-refractivity contribution in [2.45, 2.75) is 53.1 Å². The van der Waals surface area contributed by atoms with Gasteiger partial charge in [-0.2, -0.15) is 0 Å². The standard InChI is InChI=1S/C24H31FN2O3/c1-17(2)13-27(24(29)20-5-4-6-20)16-23(28)26(15-22-12-7-18(3)30-22)14-19-8-10-21(25)11-9-19/h7-12,17,20H,4-6,13-16H2,1-3H3. The van der Waals surface area contributed by atoms with Crippen LogP contribution in [0, 0.1) is 24.6 Å². The van der Waals surface area contributed by atoms with Gasteiger partial charge in [-0.3, -0.25) is 9.59 Å². The van der Waals surface area contributed by atoms with E-state index in [1.54, 1.807) is 21.9 Å². The number of carbonyl (C=O) groups excluding carboxylic acids is 2. The molecule has 3 rings (SSSR count). The smallest absolute Gasteiger partial charge is 0.242 e. The molecule has 1 aromatic carbocycles. The summed E-state index contributed by atoms with van der Waals surface area (Å²) in [5.74, 6) is 1.42. The zero-order chi connectivity index (χ0) is 21.7. The highest BCUT2D eigenvalue weighted by molar-refractivity contribution is 5.86. The van der Waals surface area contributed by atoms with Gasteiger partial charge in [0.1, 0.15) is 17.3 Å². The van der Waals surface area contributed by atoms with Gasteiger partial charge in [0.05, 0.1) is 13.1 Å². The molecule has 1 aliphatic rings. The molecule has 0 bridgehead atoms. The highest BCUT2D eigenvalue weighted by Crippen LogP contribution is 2.28. The Hall–Kier alpha value is -2.63. The first kappa shape index (κ1) is 22.1. The summed E-state index contributed by atoms with van der Waals surface area (Å²) in [6.07, 6.45) is 2.90. The first-order valence-corrected chi connectivity index (χ1v) is 10.7. The molecule has 2 aromatic rings. The summed E-state index contributed by atoms with van der Waals surface area (Å²) in [6.45, 7) is 7.20. The van der Waals surface area contributed by atoms with E-state index in [0.717, 1.165) is 30.6 Å². The number of carbonyl (C=O) groups is 2. The predicted octanol–water partition coefficient (Wildman–Crippen LogP) is 4.54. The minimum atomic E-state index is -0.313. The summed E-state index contributed by atoms with van der Waals surface area (Å²) in [6, 6.07) is 9.84. The van der Waals surface area contributed by atoms with E-state index in [1.807, 2.05) is 32.9 Å². The number of aryl methyl sites for hydroxylation is 1. The van der Waals surface area contributed by atoms with Gasteiger partial charge in [-0.1, -0.05) is 32.4 Å². The summed E-state index contributed by atoms with van der Waals surface area (Å²) >= 11 is 0. The Morgan fingerprint density at radius 2 is 1.77 bits per heavy atom. The normalized spacial score (nSPS) is 13.9. The van der Waals surface area contributed by atoms with E-state index in [1.165, 1.54) is 12.1 Å². The second kappa shape index (κ2) is 9.92. The van der Waals surface area contributed by atoms with Crippen molar-refractivity contribution in [1.82, 2.24) is 9.80 Å². The van der Waals surface area contributed by atoms with E-state index in [0.29, 0.717) is 25.4 Å². The number of hydrogen-bond acceptors (Lipinski definition) is 3. The van der Waals surface area contributed by atoms with Gasteiger partial charge in [-0.15, -0.1) is 0 Å². The quantitative estimate of drug-likeness (QED) is 0.605. The van der Waals surface area contributed by atoms with Crippen molar-refractivity contribution < 1.29 is 18.4 Å². The van der Waals surface area contributed by atoms with Crippen molar-refractivity contribution in [3.05, 3.63) is 59.3 Å². The highest BCUT2D eigenvalue weighted by Gasteiger charge is 2.31. The van der Waals surface area contributed by atoms with E-state index < -0.39 is 0 Å². The number of benzene rings is 1. The second-order valence-electron chi connectivity index (χ2n) is 8.63. The van der Waals surface area contributed by atoms with Crippen LogP contribution in [0.2, 0.25) is 0 Å². The van der Waals surface area contributed by atoms with Gasteiger partial charge in [0, 0.05) is 19.0 Å². The van der Waals surface area contributed by atoms with Crippen LogP contribution in [-0.4, -0.2) is 34.7 Å². The molecular formula is C24H31FN2O3. The van der Waals surface area contributed by atoms with Crippen molar-refractivity contribution >= 4 is 11.8 Å². The van der Waals surface area contributed by atoms with Crippen LogP contribution >= 0.6 is 0 Å². The number of amides is 2.